The molecule has 0 saturated carbocycles. The minimum absolute atomic E-state index is 0.344. The number of carbonyl (C=O) groups excluding carboxylic acids is 1. The molecule has 0 spiro atoms. The maximum Gasteiger partial charge on any atom is 0.341 e. The third kappa shape index (κ3) is 4.05. The number of hydrogen-bond acceptors (Lipinski definition) is 7. The number of piperazine rings is 1. The van der Waals surface area contributed by atoms with Crippen LogP contribution < -0.4 is 0 Å². The smallest absolute Gasteiger partial charge is 0.341 e. The largest absolute Gasteiger partial charge is 0.465 e. The summed E-state index contributed by atoms with van der Waals surface area (Å²) in [6.07, 6.45) is 0. The second kappa shape index (κ2) is 7.80. The van der Waals surface area contributed by atoms with Crippen molar-refractivity contribution in [2.24, 2.45) is 0 Å². The first-order valence-corrected chi connectivity index (χ1v) is 9.91. The number of furan rings is 1. The molecule has 2 aromatic heterocycles. The summed E-state index contributed by atoms with van der Waals surface area (Å²) in [7, 11) is 1.39. The van der Waals surface area contributed by atoms with Crippen molar-refractivity contribution in [2.45, 2.75) is 20.0 Å². The van der Waals surface area contributed by atoms with E-state index < -0.39 is 0 Å². The molecule has 0 atom stereocenters. The van der Waals surface area contributed by atoms with Crippen molar-refractivity contribution in [3.63, 3.8) is 0 Å². The molecule has 0 bridgehead atoms. The van der Waals surface area contributed by atoms with Gasteiger partial charge in [-0.25, -0.2) is 9.78 Å². The van der Waals surface area contributed by atoms with Crippen LogP contribution in [0.1, 0.15) is 26.9 Å². The van der Waals surface area contributed by atoms with Gasteiger partial charge in [0.15, 0.2) is 0 Å². The molecule has 142 valence electrons. The van der Waals surface area contributed by atoms with Crippen LogP contribution in [-0.4, -0.2) is 54.0 Å². The number of ether oxygens (including phenoxy) is 1. The van der Waals surface area contributed by atoms with Crippen molar-refractivity contribution in [1.29, 1.82) is 0 Å². The molecule has 1 fully saturated rings. The zero-order valence-corrected chi connectivity index (χ0v) is 16.4. The minimum Gasteiger partial charge on any atom is -0.465 e. The summed E-state index contributed by atoms with van der Waals surface area (Å²) in [6.45, 7) is 7.35. The number of esters is 1. The molecule has 0 amide bonds. The fraction of sp³-hybridized carbons (Fsp3) is 0.400. The Morgan fingerprint density at radius 3 is 2.59 bits per heavy atom. The van der Waals surface area contributed by atoms with Crippen molar-refractivity contribution in [2.75, 3.05) is 33.3 Å². The first kappa shape index (κ1) is 18.2. The van der Waals surface area contributed by atoms with Gasteiger partial charge >= 0.3 is 5.97 Å². The molecule has 1 saturated heterocycles. The summed E-state index contributed by atoms with van der Waals surface area (Å²) in [5, 5.41) is 1.18. The van der Waals surface area contributed by atoms with E-state index in [0.717, 1.165) is 44.0 Å². The number of para-hydroxylation sites is 1. The number of carbonyl (C=O) groups is 1. The van der Waals surface area contributed by atoms with Crippen molar-refractivity contribution >= 4 is 27.5 Å². The van der Waals surface area contributed by atoms with Gasteiger partial charge < -0.3 is 9.15 Å². The Hall–Kier alpha value is -2.22. The van der Waals surface area contributed by atoms with Gasteiger partial charge in [0.05, 0.1) is 30.4 Å². The molecule has 1 aliphatic rings. The predicted molar refractivity (Wildman–Crippen MR) is 105 cm³/mol. The maximum atomic E-state index is 11.7. The lowest BCUT2D eigenvalue weighted by Crippen LogP contribution is -2.45. The number of nitrogens with zero attached hydrogens (tertiary/aromatic N) is 3. The lowest BCUT2D eigenvalue weighted by Gasteiger charge is -2.33. The van der Waals surface area contributed by atoms with E-state index in [4.69, 9.17) is 14.1 Å². The van der Waals surface area contributed by atoms with Crippen LogP contribution in [0.4, 0.5) is 0 Å². The lowest BCUT2D eigenvalue weighted by molar-refractivity contribution is 0.0599. The highest BCUT2D eigenvalue weighted by Crippen LogP contribution is 2.23. The number of aryl methyl sites for hydroxylation is 1. The van der Waals surface area contributed by atoms with Crippen molar-refractivity contribution in [3.05, 3.63) is 52.4 Å². The van der Waals surface area contributed by atoms with E-state index in [1.54, 1.807) is 24.3 Å². The monoisotopic (exact) mass is 385 g/mol. The van der Waals surface area contributed by atoms with E-state index in [2.05, 4.69) is 28.0 Å². The summed E-state index contributed by atoms with van der Waals surface area (Å²) in [6, 6.07) is 10.1. The summed E-state index contributed by atoms with van der Waals surface area (Å²) < 4.78 is 11.8. The first-order chi connectivity index (χ1) is 13.1. The van der Waals surface area contributed by atoms with Crippen molar-refractivity contribution in [3.8, 4) is 0 Å². The number of fused-ring (bicyclic) bond motifs is 1. The van der Waals surface area contributed by atoms with Gasteiger partial charge in [0.2, 0.25) is 0 Å². The number of benzene rings is 1. The number of hydrogen-bond donors (Lipinski definition) is 0. The maximum absolute atomic E-state index is 11.7. The van der Waals surface area contributed by atoms with Crippen LogP contribution in [-0.2, 0) is 17.8 Å². The number of rotatable bonds is 5. The average molecular weight is 385 g/mol. The third-order valence-electron chi connectivity index (χ3n) is 4.92. The molecule has 3 heterocycles. The number of methoxy groups -OCH3 is 1. The molecule has 0 unspecified atom stereocenters. The van der Waals surface area contributed by atoms with Crippen molar-refractivity contribution < 1.29 is 13.9 Å². The molecular formula is C20H23N3O3S. The van der Waals surface area contributed by atoms with E-state index >= 15 is 0 Å². The second-order valence-corrected chi connectivity index (χ2v) is 7.92. The summed E-state index contributed by atoms with van der Waals surface area (Å²) >= 11 is 1.78. The number of aromatic nitrogens is 1. The van der Waals surface area contributed by atoms with Gasteiger partial charge in [-0.2, -0.15) is 0 Å². The third-order valence-corrected chi connectivity index (χ3v) is 5.94. The lowest BCUT2D eigenvalue weighted by atomic mass is 10.2. The van der Waals surface area contributed by atoms with Gasteiger partial charge in [-0.3, -0.25) is 9.80 Å². The van der Waals surface area contributed by atoms with Crippen LogP contribution in [0.25, 0.3) is 10.2 Å². The summed E-state index contributed by atoms with van der Waals surface area (Å²) in [5.41, 5.74) is 1.60. The fourth-order valence-electron chi connectivity index (χ4n) is 3.44. The highest BCUT2D eigenvalue weighted by atomic mass is 32.1. The molecule has 0 radical (unpaired) electrons. The van der Waals surface area contributed by atoms with E-state index in [1.807, 2.05) is 6.07 Å². The normalized spacial score (nSPS) is 16.1. The van der Waals surface area contributed by atoms with Gasteiger partial charge in [-0.15, -0.1) is 11.3 Å². The van der Waals surface area contributed by atoms with Crippen LogP contribution in [0, 0.1) is 6.92 Å². The first-order valence-electron chi connectivity index (χ1n) is 9.09. The highest BCUT2D eigenvalue weighted by Gasteiger charge is 2.21. The van der Waals surface area contributed by atoms with E-state index in [0.29, 0.717) is 17.9 Å². The average Bonchev–Trinajstić information content (AvgIpc) is 3.25. The molecule has 0 aliphatic carbocycles. The van der Waals surface area contributed by atoms with E-state index in [-0.39, 0.29) is 5.97 Å². The van der Waals surface area contributed by atoms with Crippen molar-refractivity contribution in [1.82, 2.24) is 14.8 Å². The van der Waals surface area contributed by atoms with E-state index in [9.17, 15) is 4.79 Å². The Kier molecular flexibility index (Phi) is 5.24. The number of thiazole rings is 1. The Labute approximate surface area is 162 Å². The van der Waals surface area contributed by atoms with Crippen LogP contribution in [0.15, 0.2) is 34.7 Å². The molecule has 3 aromatic rings. The fourth-order valence-corrected chi connectivity index (χ4v) is 4.45. The molecule has 4 rings (SSSR count). The van der Waals surface area contributed by atoms with Gasteiger partial charge in [-0.1, -0.05) is 12.1 Å². The molecule has 6 nitrogen and oxygen atoms in total. The zero-order chi connectivity index (χ0) is 18.8. The Morgan fingerprint density at radius 2 is 1.89 bits per heavy atom. The molecular weight excluding hydrogens is 362 g/mol. The van der Waals surface area contributed by atoms with Crippen LogP contribution in [0.3, 0.4) is 0 Å². The van der Waals surface area contributed by atoms with Crippen LogP contribution >= 0.6 is 11.3 Å². The molecule has 1 aromatic carbocycles. The molecule has 27 heavy (non-hydrogen) atoms. The van der Waals surface area contributed by atoms with Crippen LogP contribution in [0.5, 0.6) is 0 Å². The predicted octanol–water partition coefficient (Wildman–Crippen LogP) is 3.30. The van der Waals surface area contributed by atoms with Gasteiger partial charge in [0.25, 0.3) is 0 Å². The Bertz CT molecular complexity index is 908. The van der Waals surface area contributed by atoms with Gasteiger partial charge in [-0.05, 0) is 25.1 Å². The second-order valence-electron chi connectivity index (χ2n) is 6.80. The highest BCUT2D eigenvalue weighted by molar-refractivity contribution is 7.18. The molecule has 7 heteroatoms. The van der Waals surface area contributed by atoms with Gasteiger partial charge in [0, 0.05) is 26.2 Å². The topological polar surface area (TPSA) is 58.8 Å². The molecule has 0 N–H and O–H groups in total. The van der Waals surface area contributed by atoms with E-state index in [1.165, 1.54) is 16.8 Å². The molecule has 1 aliphatic heterocycles. The minimum atomic E-state index is -0.344. The zero-order valence-electron chi connectivity index (χ0n) is 15.6. The quantitative estimate of drug-likeness (QED) is 0.628. The Balaban J connectivity index is 1.32. The summed E-state index contributed by atoms with van der Waals surface area (Å²) in [4.78, 5) is 21.2. The Morgan fingerprint density at radius 1 is 1.19 bits per heavy atom. The van der Waals surface area contributed by atoms with Gasteiger partial charge in [0.1, 0.15) is 22.1 Å². The summed E-state index contributed by atoms with van der Waals surface area (Å²) in [5.74, 6) is 1.09. The SMILES string of the molecule is COC(=O)c1cc(CN2CCN(Cc3nc4ccccc4s3)CC2)oc1C. The standard InChI is InChI=1S/C20H23N3O3S/c1-14-16(20(24)25-2)11-15(26-14)12-22-7-9-23(10-8-22)13-19-21-17-5-3-4-6-18(17)27-19/h3-6,11H,7-10,12-13H2,1-2H3. The van der Waals surface area contributed by atoms with Crippen LogP contribution in [0.2, 0.25) is 0 Å².